The van der Waals surface area contributed by atoms with E-state index in [0.717, 1.165) is 19.0 Å². The Morgan fingerprint density at radius 2 is 2.05 bits per heavy atom. The maximum Gasteiger partial charge on any atom is 0.0575 e. The molecule has 0 amide bonds. The van der Waals surface area contributed by atoms with Crippen LogP contribution in [0.3, 0.4) is 0 Å². The predicted octanol–water partition coefficient (Wildman–Crippen LogP) is 3.12. The Morgan fingerprint density at radius 1 is 1.27 bits per heavy atom. The van der Waals surface area contributed by atoms with Gasteiger partial charge < -0.3 is 10.2 Å². The molecule has 2 atom stereocenters. The molecule has 1 aromatic rings. The Hall–Kier alpha value is -0.420. The van der Waals surface area contributed by atoms with Gasteiger partial charge in [0.25, 0.3) is 0 Å². The summed E-state index contributed by atoms with van der Waals surface area (Å²) in [5.41, 5.74) is 1.48. The third kappa shape index (κ3) is 3.73. The Kier molecular flexibility index (Phi) is 5.55. The number of nitrogens with zero attached hydrogens (tertiary/aromatic N) is 2. The van der Waals surface area contributed by atoms with Crippen molar-refractivity contribution in [1.29, 1.82) is 0 Å². The molecule has 0 radical (unpaired) electrons. The van der Waals surface area contributed by atoms with Crippen LogP contribution in [0, 0.1) is 12.8 Å². The van der Waals surface area contributed by atoms with E-state index in [1.54, 1.807) is 4.88 Å². The average molecular weight is 322 g/mol. The van der Waals surface area contributed by atoms with E-state index in [2.05, 4.69) is 47.3 Å². The standard InChI is InChI=1S/C18H31N3S/c1-14-4-8-20(9-5-14)13-17(18-15(2)6-11-22-18)21-10-7-19-12-16(21)3/h6,11,14,16-17,19H,4-5,7-10,12-13H2,1-3H3. The lowest BCUT2D eigenvalue weighted by atomic mass is 9.98. The molecule has 0 aliphatic carbocycles. The molecule has 124 valence electrons. The van der Waals surface area contributed by atoms with Gasteiger partial charge in [0.1, 0.15) is 0 Å². The zero-order chi connectivity index (χ0) is 15.5. The molecule has 0 spiro atoms. The van der Waals surface area contributed by atoms with Crippen molar-refractivity contribution in [3.8, 4) is 0 Å². The summed E-state index contributed by atoms with van der Waals surface area (Å²) in [5.74, 6) is 0.913. The number of aryl methyl sites for hydroxylation is 1. The molecule has 3 nitrogen and oxygen atoms in total. The van der Waals surface area contributed by atoms with Crippen molar-refractivity contribution >= 4 is 11.3 Å². The van der Waals surface area contributed by atoms with Crippen molar-refractivity contribution < 1.29 is 0 Å². The van der Waals surface area contributed by atoms with Gasteiger partial charge in [-0.15, -0.1) is 11.3 Å². The first-order chi connectivity index (χ1) is 10.6. The van der Waals surface area contributed by atoms with Crippen LogP contribution < -0.4 is 5.32 Å². The van der Waals surface area contributed by atoms with Gasteiger partial charge in [-0.1, -0.05) is 6.92 Å². The molecule has 0 aromatic carbocycles. The van der Waals surface area contributed by atoms with E-state index in [9.17, 15) is 0 Å². The third-order valence-electron chi connectivity index (χ3n) is 5.46. The van der Waals surface area contributed by atoms with E-state index in [1.165, 1.54) is 44.6 Å². The Balaban J connectivity index is 1.75. The second-order valence-electron chi connectivity index (χ2n) is 7.26. The van der Waals surface area contributed by atoms with Crippen LogP contribution in [0.5, 0.6) is 0 Å². The van der Waals surface area contributed by atoms with E-state index in [4.69, 9.17) is 0 Å². The number of hydrogen-bond donors (Lipinski definition) is 1. The molecule has 22 heavy (non-hydrogen) atoms. The largest absolute Gasteiger partial charge is 0.314 e. The van der Waals surface area contributed by atoms with Crippen LogP contribution in [0.15, 0.2) is 11.4 Å². The van der Waals surface area contributed by atoms with Crippen LogP contribution in [0.2, 0.25) is 0 Å². The van der Waals surface area contributed by atoms with E-state index in [0.29, 0.717) is 12.1 Å². The second-order valence-corrected chi connectivity index (χ2v) is 8.21. The molecule has 4 heteroatoms. The number of rotatable bonds is 4. The fourth-order valence-corrected chi connectivity index (χ4v) is 4.91. The van der Waals surface area contributed by atoms with Crippen LogP contribution in [0.25, 0.3) is 0 Å². The predicted molar refractivity (Wildman–Crippen MR) is 95.7 cm³/mol. The van der Waals surface area contributed by atoms with Crippen molar-refractivity contribution in [2.75, 3.05) is 39.3 Å². The molecule has 3 heterocycles. The number of piperazine rings is 1. The third-order valence-corrected chi connectivity index (χ3v) is 6.58. The van der Waals surface area contributed by atoms with Gasteiger partial charge in [-0.2, -0.15) is 0 Å². The topological polar surface area (TPSA) is 18.5 Å². The zero-order valence-electron chi connectivity index (χ0n) is 14.3. The van der Waals surface area contributed by atoms with E-state index >= 15 is 0 Å². The first kappa shape index (κ1) is 16.4. The number of likely N-dealkylation sites (tertiary alicyclic amines) is 1. The molecule has 2 unspecified atom stereocenters. The molecular weight excluding hydrogens is 290 g/mol. The summed E-state index contributed by atoms with van der Waals surface area (Å²) in [7, 11) is 0. The van der Waals surface area contributed by atoms with Gasteiger partial charge in [0, 0.05) is 37.1 Å². The maximum absolute atomic E-state index is 3.54. The molecular formula is C18H31N3S. The number of thiophene rings is 1. The lowest BCUT2D eigenvalue weighted by molar-refractivity contribution is 0.0740. The molecule has 2 aliphatic rings. The first-order valence-corrected chi connectivity index (χ1v) is 9.76. The van der Waals surface area contributed by atoms with Crippen molar-refractivity contribution in [3.63, 3.8) is 0 Å². The summed E-state index contributed by atoms with van der Waals surface area (Å²) < 4.78 is 0. The van der Waals surface area contributed by atoms with Crippen molar-refractivity contribution in [3.05, 3.63) is 21.9 Å². The van der Waals surface area contributed by atoms with Gasteiger partial charge in [0.05, 0.1) is 6.04 Å². The highest BCUT2D eigenvalue weighted by atomic mass is 32.1. The SMILES string of the molecule is Cc1ccsc1C(CN1CCC(C)CC1)N1CCNCC1C. The summed E-state index contributed by atoms with van der Waals surface area (Å²) in [6.45, 7) is 14.2. The average Bonchev–Trinajstić information content (AvgIpc) is 2.94. The monoisotopic (exact) mass is 321 g/mol. The molecule has 1 N–H and O–H groups in total. The maximum atomic E-state index is 3.54. The van der Waals surface area contributed by atoms with Crippen LogP contribution in [0.1, 0.15) is 43.2 Å². The Morgan fingerprint density at radius 3 is 2.68 bits per heavy atom. The fraction of sp³-hybridized carbons (Fsp3) is 0.778. The minimum Gasteiger partial charge on any atom is -0.314 e. The van der Waals surface area contributed by atoms with Crippen LogP contribution >= 0.6 is 11.3 Å². The number of nitrogens with one attached hydrogen (secondary N) is 1. The van der Waals surface area contributed by atoms with Gasteiger partial charge in [-0.25, -0.2) is 0 Å². The highest BCUT2D eigenvalue weighted by molar-refractivity contribution is 7.10. The molecule has 0 bridgehead atoms. The molecule has 3 rings (SSSR count). The summed E-state index contributed by atoms with van der Waals surface area (Å²) in [6, 6.07) is 3.49. The fourth-order valence-electron chi connectivity index (χ4n) is 3.87. The lowest BCUT2D eigenvalue weighted by Gasteiger charge is -2.43. The highest BCUT2D eigenvalue weighted by Gasteiger charge is 2.31. The second kappa shape index (κ2) is 7.43. The van der Waals surface area contributed by atoms with E-state index < -0.39 is 0 Å². The molecule has 0 saturated carbocycles. The lowest BCUT2D eigenvalue weighted by Crippen LogP contribution is -2.53. The quantitative estimate of drug-likeness (QED) is 0.919. The van der Waals surface area contributed by atoms with Gasteiger partial charge >= 0.3 is 0 Å². The van der Waals surface area contributed by atoms with Crippen molar-refractivity contribution in [1.82, 2.24) is 15.1 Å². The highest BCUT2D eigenvalue weighted by Crippen LogP contribution is 2.32. The number of hydrogen-bond acceptors (Lipinski definition) is 4. The van der Waals surface area contributed by atoms with Gasteiger partial charge in [0.15, 0.2) is 0 Å². The first-order valence-electron chi connectivity index (χ1n) is 8.88. The smallest absolute Gasteiger partial charge is 0.0575 e. The summed E-state index contributed by atoms with van der Waals surface area (Å²) >= 11 is 1.95. The molecule has 1 aromatic heterocycles. The van der Waals surface area contributed by atoms with Crippen molar-refractivity contribution in [2.24, 2.45) is 5.92 Å². The minimum atomic E-state index is 0.575. The van der Waals surface area contributed by atoms with Crippen LogP contribution in [-0.2, 0) is 0 Å². The molecule has 2 aliphatic heterocycles. The van der Waals surface area contributed by atoms with Gasteiger partial charge in [-0.05, 0) is 62.7 Å². The van der Waals surface area contributed by atoms with Gasteiger partial charge in [-0.3, -0.25) is 4.90 Å². The molecule has 2 fully saturated rings. The zero-order valence-corrected chi connectivity index (χ0v) is 15.2. The normalized spacial score (nSPS) is 27.1. The minimum absolute atomic E-state index is 0.575. The summed E-state index contributed by atoms with van der Waals surface area (Å²) in [4.78, 5) is 7.04. The van der Waals surface area contributed by atoms with Crippen molar-refractivity contribution in [2.45, 2.75) is 45.7 Å². The van der Waals surface area contributed by atoms with E-state index in [-0.39, 0.29) is 0 Å². The summed E-state index contributed by atoms with van der Waals surface area (Å²) in [6.07, 6.45) is 2.74. The van der Waals surface area contributed by atoms with Crippen LogP contribution in [0.4, 0.5) is 0 Å². The molecule has 2 saturated heterocycles. The van der Waals surface area contributed by atoms with E-state index in [1.807, 2.05) is 11.3 Å². The van der Waals surface area contributed by atoms with Crippen LogP contribution in [-0.4, -0.2) is 55.1 Å². The Bertz CT molecular complexity index is 465. The summed E-state index contributed by atoms with van der Waals surface area (Å²) in [5, 5.41) is 5.80. The Labute approximate surface area is 139 Å². The van der Waals surface area contributed by atoms with Gasteiger partial charge in [0.2, 0.25) is 0 Å². The number of piperidine rings is 1.